The minimum Gasteiger partial charge on any atom is -0.392 e. The van der Waals surface area contributed by atoms with Gasteiger partial charge in [-0.1, -0.05) is 19.1 Å². The van der Waals surface area contributed by atoms with Crippen LogP contribution in [0.4, 0.5) is 11.5 Å². The number of hydrogen-bond acceptors (Lipinski definition) is 3. The summed E-state index contributed by atoms with van der Waals surface area (Å²) in [6, 6.07) is 12.3. The van der Waals surface area contributed by atoms with Crippen molar-refractivity contribution in [2.75, 3.05) is 11.4 Å². The van der Waals surface area contributed by atoms with E-state index in [2.05, 4.69) is 49.9 Å². The van der Waals surface area contributed by atoms with Crippen molar-refractivity contribution in [2.45, 2.75) is 33.8 Å². The number of rotatable bonds is 5. The Bertz CT molecular complexity index is 559. The molecule has 0 spiro atoms. The number of pyridine rings is 1. The molecule has 0 saturated carbocycles. The van der Waals surface area contributed by atoms with Crippen LogP contribution in [0.5, 0.6) is 0 Å². The van der Waals surface area contributed by atoms with Crippen molar-refractivity contribution < 1.29 is 5.11 Å². The number of aryl methyl sites for hydroxylation is 2. The number of benzene rings is 1. The van der Waals surface area contributed by atoms with Gasteiger partial charge >= 0.3 is 0 Å². The Morgan fingerprint density at radius 2 is 1.95 bits per heavy atom. The van der Waals surface area contributed by atoms with Gasteiger partial charge in [0.05, 0.1) is 6.61 Å². The molecule has 0 bridgehead atoms. The SMILES string of the molecule is CCc1cc(CO)cc(N(CC)c2cccc(C)c2)n1. The summed E-state index contributed by atoms with van der Waals surface area (Å²) in [6.07, 6.45) is 0.867. The van der Waals surface area contributed by atoms with Crippen molar-refractivity contribution >= 4 is 11.5 Å². The molecular weight excluding hydrogens is 248 g/mol. The van der Waals surface area contributed by atoms with Gasteiger partial charge in [-0.2, -0.15) is 0 Å². The number of aromatic nitrogens is 1. The molecule has 0 atom stereocenters. The second kappa shape index (κ2) is 6.53. The van der Waals surface area contributed by atoms with Crippen molar-refractivity contribution in [1.82, 2.24) is 4.98 Å². The van der Waals surface area contributed by atoms with Gasteiger partial charge in [0.1, 0.15) is 5.82 Å². The summed E-state index contributed by atoms with van der Waals surface area (Å²) < 4.78 is 0. The highest BCUT2D eigenvalue weighted by Crippen LogP contribution is 2.25. The maximum Gasteiger partial charge on any atom is 0.133 e. The molecule has 0 unspecified atom stereocenters. The second-order valence-electron chi connectivity index (χ2n) is 4.92. The predicted molar refractivity (Wildman–Crippen MR) is 83.4 cm³/mol. The summed E-state index contributed by atoms with van der Waals surface area (Å²) in [5, 5.41) is 9.40. The molecule has 0 aliphatic heterocycles. The standard InChI is InChI=1S/C17H22N2O/c1-4-15-10-14(12-20)11-17(18-15)19(5-2)16-8-6-7-13(3)9-16/h6-11,20H,4-5,12H2,1-3H3. The van der Waals surface area contributed by atoms with Crippen molar-refractivity contribution in [3.63, 3.8) is 0 Å². The first-order valence-electron chi connectivity index (χ1n) is 7.12. The van der Waals surface area contributed by atoms with Crippen LogP contribution in [0.1, 0.15) is 30.7 Å². The van der Waals surface area contributed by atoms with Gasteiger partial charge in [-0.05, 0) is 55.7 Å². The van der Waals surface area contributed by atoms with Gasteiger partial charge in [-0.25, -0.2) is 4.98 Å². The summed E-state index contributed by atoms with van der Waals surface area (Å²) in [4.78, 5) is 6.86. The first-order chi connectivity index (χ1) is 9.67. The molecule has 2 aromatic rings. The highest BCUT2D eigenvalue weighted by Gasteiger charge is 2.11. The second-order valence-corrected chi connectivity index (χ2v) is 4.92. The fourth-order valence-electron chi connectivity index (χ4n) is 2.32. The molecule has 0 aliphatic rings. The summed E-state index contributed by atoms with van der Waals surface area (Å²) in [5.74, 6) is 0.904. The number of nitrogens with zero attached hydrogens (tertiary/aromatic N) is 2. The fraction of sp³-hybridized carbons (Fsp3) is 0.353. The van der Waals surface area contributed by atoms with Gasteiger partial charge in [0, 0.05) is 17.9 Å². The van der Waals surface area contributed by atoms with Gasteiger partial charge in [0.25, 0.3) is 0 Å². The molecule has 1 N–H and O–H groups in total. The lowest BCUT2D eigenvalue weighted by atomic mass is 10.1. The van der Waals surface area contributed by atoms with E-state index in [4.69, 9.17) is 4.98 Å². The van der Waals surface area contributed by atoms with Crippen LogP contribution >= 0.6 is 0 Å². The van der Waals surface area contributed by atoms with Gasteiger partial charge in [0.15, 0.2) is 0 Å². The van der Waals surface area contributed by atoms with E-state index in [1.807, 2.05) is 12.1 Å². The first kappa shape index (κ1) is 14.5. The third kappa shape index (κ3) is 3.17. The summed E-state index contributed by atoms with van der Waals surface area (Å²) in [7, 11) is 0. The van der Waals surface area contributed by atoms with Gasteiger partial charge in [0.2, 0.25) is 0 Å². The number of hydrogen-bond donors (Lipinski definition) is 1. The minimum absolute atomic E-state index is 0.0495. The number of aliphatic hydroxyl groups is 1. The van der Waals surface area contributed by atoms with E-state index in [1.54, 1.807) is 0 Å². The van der Waals surface area contributed by atoms with Crippen LogP contribution in [0.2, 0.25) is 0 Å². The Balaban J connectivity index is 2.45. The molecule has 20 heavy (non-hydrogen) atoms. The van der Waals surface area contributed by atoms with E-state index in [-0.39, 0.29) is 6.61 Å². The third-order valence-electron chi connectivity index (χ3n) is 3.38. The molecule has 0 saturated heterocycles. The topological polar surface area (TPSA) is 36.4 Å². The van der Waals surface area contributed by atoms with E-state index in [9.17, 15) is 5.11 Å². The zero-order valence-corrected chi connectivity index (χ0v) is 12.4. The molecule has 0 amide bonds. The number of aliphatic hydroxyl groups excluding tert-OH is 1. The highest BCUT2D eigenvalue weighted by molar-refractivity contribution is 5.61. The highest BCUT2D eigenvalue weighted by atomic mass is 16.3. The largest absolute Gasteiger partial charge is 0.392 e. The fourth-order valence-corrected chi connectivity index (χ4v) is 2.32. The van der Waals surface area contributed by atoms with E-state index < -0.39 is 0 Å². The van der Waals surface area contributed by atoms with E-state index >= 15 is 0 Å². The van der Waals surface area contributed by atoms with Crippen LogP contribution in [-0.2, 0) is 13.0 Å². The molecule has 1 heterocycles. The Hall–Kier alpha value is -1.87. The smallest absolute Gasteiger partial charge is 0.133 e. The lowest BCUT2D eigenvalue weighted by Crippen LogP contribution is -2.18. The first-order valence-corrected chi connectivity index (χ1v) is 7.12. The van der Waals surface area contributed by atoms with Gasteiger partial charge in [-0.15, -0.1) is 0 Å². The molecule has 0 aliphatic carbocycles. The van der Waals surface area contributed by atoms with E-state index in [1.165, 1.54) is 5.56 Å². The quantitative estimate of drug-likeness (QED) is 0.901. The molecule has 1 aromatic carbocycles. The molecule has 106 valence electrons. The predicted octanol–water partition coefficient (Wildman–Crippen LogP) is 3.60. The zero-order valence-electron chi connectivity index (χ0n) is 12.4. The lowest BCUT2D eigenvalue weighted by molar-refractivity contribution is 0.281. The normalized spacial score (nSPS) is 10.6. The maximum absolute atomic E-state index is 9.40. The van der Waals surface area contributed by atoms with Crippen molar-refractivity contribution in [1.29, 1.82) is 0 Å². The molecular formula is C17H22N2O. The van der Waals surface area contributed by atoms with Gasteiger partial charge in [-0.3, -0.25) is 0 Å². The van der Waals surface area contributed by atoms with Gasteiger partial charge < -0.3 is 10.0 Å². The Kier molecular flexibility index (Phi) is 4.74. The number of anilines is 2. The Labute approximate surface area is 120 Å². The monoisotopic (exact) mass is 270 g/mol. The molecule has 1 aromatic heterocycles. The van der Waals surface area contributed by atoms with Crippen LogP contribution in [-0.4, -0.2) is 16.6 Å². The third-order valence-corrected chi connectivity index (χ3v) is 3.38. The Morgan fingerprint density at radius 3 is 2.55 bits per heavy atom. The molecule has 0 fully saturated rings. The summed E-state index contributed by atoms with van der Waals surface area (Å²) in [6.45, 7) is 7.17. The maximum atomic E-state index is 9.40. The van der Waals surface area contributed by atoms with Crippen LogP contribution in [0.25, 0.3) is 0 Å². The zero-order chi connectivity index (χ0) is 14.5. The van der Waals surface area contributed by atoms with E-state index in [0.717, 1.165) is 35.7 Å². The van der Waals surface area contributed by atoms with Crippen LogP contribution in [0.3, 0.4) is 0 Å². The summed E-state index contributed by atoms with van der Waals surface area (Å²) >= 11 is 0. The molecule has 2 rings (SSSR count). The van der Waals surface area contributed by atoms with Crippen LogP contribution < -0.4 is 4.90 Å². The molecule has 3 heteroatoms. The van der Waals surface area contributed by atoms with Crippen molar-refractivity contribution in [2.24, 2.45) is 0 Å². The van der Waals surface area contributed by atoms with E-state index in [0.29, 0.717) is 0 Å². The lowest BCUT2D eigenvalue weighted by Gasteiger charge is -2.23. The van der Waals surface area contributed by atoms with Crippen LogP contribution in [0.15, 0.2) is 36.4 Å². The van der Waals surface area contributed by atoms with Crippen LogP contribution in [0, 0.1) is 6.92 Å². The Morgan fingerprint density at radius 1 is 1.15 bits per heavy atom. The molecule has 3 nitrogen and oxygen atoms in total. The van der Waals surface area contributed by atoms with Crippen molar-refractivity contribution in [3.05, 3.63) is 53.2 Å². The average Bonchev–Trinajstić information content (AvgIpc) is 2.47. The minimum atomic E-state index is 0.0495. The summed E-state index contributed by atoms with van der Waals surface area (Å²) in [5.41, 5.74) is 4.29. The molecule has 0 radical (unpaired) electrons. The average molecular weight is 270 g/mol. The van der Waals surface area contributed by atoms with Crippen molar-refractivity contribution in [3.8, 4) is 0 Å².